The van der Waals surface area contributed by atoms with Crippen molar-refractivity contribution in [3.8, 4) is 0 Å². The Bertz CT molecular complexity index is 438. The summed E-state index contributed by atoms with van der Waals surface area (Å²) in [5, 5.41) is 0. The third-order valence-corrected chi connectivity index (χ3v) is 4.58. The monoisotopic (exact) mass is 290 g/mol. The van der Waals surface area contributed by atoms with Crippen LogP contribution in [0.15, 0.2) is 12.1 Å². The highest BCUT2D eigenvalue weighted by atomic mass is 15.2. The van der Waals surface area contributed by atoms with Crippen molar-refractivity contribution in [1.29, 1.82) is 0 Å². The first-order chi connectivity index (χ1) is 10.2. The van der Waals surface area contributed by atoms with Gasteiger partial charge in [0.2, 0.25) is 0 Å². The molecule has 2 heterocycles. The fourth-order valence-electron chi connectivity index (χ4n) is 3.13. The Balaban J connectivity index is 2.10. The minimum Gasteiger partial charge on any atom is -0.357 e. The van der Waals surface area contributed by atoms with E-state index in [9.17, 15) is 0 Å². The van der Waals surface area contributed by atoms with Gasteiger partial charge in [0.05, 0.1) is 0 Å². The van der Waals surface area contributed by atoms with Crippen LogP contribution >= 0.6 is 0 Å². The summed E-state index contributed by atoms with van der Waals surface area (Å²) in [6, 6.07) is 4.91. The molecule has 1 aliphatic heterocycles. The molecule has 1 aromatic heterocycles. The summed E-state index contributed by atoms with van der Waals surface area (Å²) >= 11 is 0. The lowest BCUT2D eigenvalue weighted by atomic mass is 10.0. The largest absolute Gasteiger partial charge is 0.357 e. The van der Waals surface area contributed by atoms with E-state index >= 15 is 0 Å². The van der Waals surface area contributed by atoms with Gasteiger partial charge in [-0.3, -0.25) is 0 Å². The van der Waals surface area contributed by atoms with Crippen molar-refractivity contribution in [2.75, 3.05) is 31.6 Å². The lowest BCUT2D eigenvalue weighted by molar-refractivity contribution is 0.220. The molecule has 1 aliphatic rings. The molecule has 0 unspecified atom stereocenters. The SMILES string of the molecule is CCCc1cc(CN)cc(N(C)C2CCN(CC)CC2)n1. The molecule has 21 heavy (non-hydrogen) atoms. The molecule has 0 saturated carbocycles. The number of likely N-dealkylation sites (tertiary alicyclic amines) is 1. The Morgan fingerprint density at radius 1 is 1.29 bits per heavy atom. The van der Waals surface area contributed by atoms with Crippen LogP contribution in [0.4, 0.5) is 5.82 Å². The molecule has 2 rings (SSSR count). The maximum absolute atomic E-state index is 5.85. The van der Waals surface area contributed by atoms with Crippen molar-refractivity contribution in [3.05, 3.63) is 23.4 Å². The first kappa shape index (κ1) is 16.2. The number of aryl methyl sites for hydroxylation is 1. The van der Waals surface area contributed by atoms with E-state index < -0.39 is 0 Å². The number of pyridine rings is 1. The molecule has 0 aromatic carbocycles. The quantitative estimate of drug-likeness (QED) is 0.874. The molecule has 0 atom stereocenters. The molecule has 2 N–H and O–H groups in total. The second-order valence-electron chi connectivity index (χ2n) is 6.06. The summed E-state index contributed by atoms with van der Waals surface area (Å²) in [5.74, 6) is 1.09. The Kier molecular flexibility index (Phi) is 6.00. The normalized spacial score (nSPS) is 17.1. The van der Waals surface area contributed by atoms with Crippen LogP contribution in [0.5, 0.6) is 0 Å². The smallest absolute Gasteiger partial charge is 0.129 e. The van der Waals surface area contributed by atoms with Crippen molar-refractivity contribution in [2.24, 2.45) is 5.73 Å². The molecular weight excluding hydrogens is 260 g/mol. The average molecular weight is 290 g/mol. The van der Waals surface area contributed by atoms with Crippen molar-refractivity contribution in [3.63, 3.8) is 0 Å². The summed E-state index contributed by atoms with van der Waals surface area (Å²) < 4.78 is 0. The predicted molar refractivity (Wildman–Crippen MR) is 89.7 cm³/mol. The Morgan fingerprint density at radius 2 is 2.00 bits per heavy atom. The highest BCUT2D eigenvalue weighted by molar-refractivity contribution is 5.43. The van der Waals surface area contributed by atoms with Gasteiger partial charge >= 0.3 is 0 Å². The maximum atomic E-state index is 5.85. The van der Waals surface area contributed by atoms with E-state index in [-0.39, 0.29) is 0 Å². The summed E-state index contributed by atoms with van der Waals surface area (Å²) in [5.41, 5.74) is 8.22. The second-order valence-corrected chi connectivity index (χ2v) is 6.06. The van der Waals surface area contributed by atoms with E-state index in [1.165, 1.54) is 37.2 Å². The lowest BCUT2D eigenvalue weighted by Crippen LogP contribution is -2.43. The number of nitrogens with zero attached hydrogens (tertiary/aromatic N) is 3. The number of nitrogens with two attached hydrogens (primary N) is 1. The minimum atomic E-state index is 0.592. The maximum Gasteiger partial charge on any atom is 0.129 e. The van der Waals surface area contributed by atoms with Crippen LogP contribution in [0.2, 0.25) is 0 Å². The highest BCUT2D eigenvalue weighted by Gasteiger charge is 2.22. The van der Waals surface area contributed by atoms with E-state index in [0.29, 0.717) is 12.6 Å². The van der Waals surface area contributed by atoms with Gasteiger partial charge in [-0.15, -0.1) is 0 Å². The van der Waals surface area contributed by atoms with Crippen molar-refractivity contribution in [1.82, 2.24) is 9.88 Å². The molecule has 0 spiro atoms. The summed E-state index contributed by atoms with van der Waals surface area (Å²) in [4.78, 5) is 9.73. The number of piperidine rings is 1. The Hall–Kier alpha value is -1.13. The van der Waals surface area contributed by atoms with E-state index in [2.05, 4.69) is 42.8 Å². The lowest BCUT2D eigenvalue weighted by Gasteiger charge is -2.37. The van der Waals surface area contributed by atoms with Crippen LogP contribution in [-0.2, 0) is 13.0 Å². The molecule has 0 amide bonds. The average Bonchev–Trinajstić information content (AvgIpc) is 2.54. The van der Waals surface area contributed by atoms with Gasteiger partial charge in [-0.05, 0) is 43.5 Å². The third-order valence-electron chi connectivity index (χ3n) is 4.58. The van der Waals surface area contributed by atoms with E-state index in [1.807, 2.05) is 0 Å². The van der Waals surface area contributed by atoms with E-state index in [4.69, 9.17) is 10.7 Å². The van der Waals surface area contributed by atoms with Gasteiger partial charge in [0.25, 0.3) is 0 Å². The first-order valence-corrected chi connectivity index (χ1v) is 8.33. The molecule has 118 valence electrons. The molecule has 4 heteroatoms. The highest BCUT2D eigenvalue weighted by Crippen LogP contribution is 2.22. The summed E-state index contributed by atoms with van der Waals surface area (Å²) in [7, 11) is 2.19. The van der Waals surface area contributed by atoms with Crippen molar-refractivity contribution >= 4 is 5.82 Å². The zero-order valence-electron chi connectivity index (χ0n) is 13.8. The van der Waals surface area contributed by atoms with Crippen LogP contribution in [0.1, 0.15) is 44.4 Å². The fraction of sp³-hybridized carbons (Fsp3) is 0.706. The molecule has 0 radical (unpaired) electrons. The third kappa shape index (κ3) is 4.17. The van der Waals surface area contributed by atoms with Gasteiger partial charge < -0.3 is 15.5 Å². The number of anilines is 1. The Labute approximate surface area is 129 Å². The molecule has 0 aliphatic carbocycles. The van der Waals surface area contributed by atoms with Gasteiger partial charge in [-0.2, -0.15) is 0 Å². The van der Waals surface area contributed by atoms with E-state index in [1.54, 1.807) is 0 Å². The summed E-state index contributed by atoms with van der Waals surface area (Å²) in [6.45, 7) is 8.59. The Morgan fingerprint density at radius 3 is 2.57 bits per heavy atom. The molecule has 1 fully saturated rings. The van der Waals surface area contributed by atoms with Crippen LogP contribution in [0.3, 0.4) is 0 Å². The van der Waals surface area contributed by atoms with Crippen LogP contribution in [-0.4, -0.2) is 42.6 Å². The van der Waals surface area contributed by atoms with Crippen LogP contribution < -0.4 is 10.6 Å². The van der Waals surface area contributed by atoms with Gasteiger partial charge in [0.1, 0.15) is 5.82 Å². The summed E-state index contributed by atoms with van der Waals surface area (Å²) in [6.07, 6.45) is 4.60. The second kappa shape index (κ2) is 7.76. The standard InChI is InChI=1S/C17H30N4/c1-4-6-15-11-14(13-18)12-17(19-15)20(3)16-7-9-21(5-2)10-8-16/h11-12,16H,4-10,13,18H2,1-3H3. The number of aromatic nitrogens is 1. The van der Waals surface area contributed by atoms with Gasteiger partial charge in [0, 0.05) is 38.4 Å². The van der Waals surface area contributed by atoms with Crippen molar-refractivity contribution in [2.45, 2.75) is 52.1 Å². The molecule has 4 nitrogen and oxygen atoms in total. The fourth-order valence-corrected chi connectivity index (χ4v) is 3.13. The molecule has 1 saturated heterocycles. The van der Waals surface area contributed by atoms with Gasteiger partial charge in [-0.25, -0.2) is 4.98 Å². The zero-order chi connectivity index (χ0) is 15.2. The van der Waals surface area contributed by atoms with Gasteiger partial charge in [0.15, 0.2) is 0 Å². The van der Waals surface area contributed by atoms with Gasteiger partial charge in [-0.1, -0.05) is 20.3 Å². The number of rotatable bonds is 6. The molecular formula is C17H30N4. The first-order valence-electron chi connectivity index (χ1n) is 8.33. The van der Waals surface area contributed by atoms with Crippen LogP contribution in [0.25, 0.3) is 0 Å². The van der Waals surface area contributed by atoms with Crippen molar-refractivity contribution < 1.29 is 0 Å². The molecule has 0 bridgehead atoms. The zero-order valence-corrected chi connectivity index (χ0v) is 13.8. The number of hydrogen-bond acceptors (Lipinski definition) is 4. The minimum absolute atomic E-state index is 0.592. The predicted octanol–water partition coefficient (Wildman–Crippen LogP) is 2.41. The number of hydrogen-bond donors (Lipinski definition) is 1. The van der Waals surface area contributed by atoms with E-state index in [0.717, 1.165) is 25.2 Å². The topological polar surface area (TPSA) is 45.4 Å². The molecule has 1 aromatic rings. The van der Waals surface area contributed by atoms with Crippen LogP contribution in [0, 0.1) is 0 Å².